The summed E-state index contributed by atoms with van der Waals surface area (Å²) >= 11 is 0. The third kappa shape index (κ3) is 4.70. The van der Waals surface area contributed by atoms with Crippen molar-refractivity contribution in [1.29, 1.82) is 0 Å². The number of fused-ring (bicyclic) bond motifs is 3. The standard InChI is InChI=1S/C23H21N3O7/c1-31-19(22(28)29)11-24-21(27)18-10-20(33-26-18)25-23(30)32-12-17-15-8-4-2-6-13(15)14-7-3-5-9-16(14)17/h2-10,17,19H,11-12H2,1H3,(H,24,27)(H,25,30)(H,28,29). The van der Waals surface area contributed by atoms with Crippen LogP contribution in [0, 0.1) is 0 Å². The van der Waals surface area contributed by atoms with Gasteiger partial charge in [0.15, 0.2) is 11.8 Å². The molecule has 1 heterocycles. The van der Waals surface area contributed by atoms with Gasteiger partial charge in [-0.2, -0.15) is 0 Å². The van der Waals surface area contributed by atoms with E-state index in [0.29, 0.717) is 0 Å². The van der Waals surface area contributed by atoms with E-state index in [9.17, 15) is 14.4 Å². The molecule has 10 nitrogen and oxygen atoms in total. The largest absolute Gasteiger partial charge is 0.479 e. The van der Waals surface area contributed by atoms with E-state index in [2.05, 4.69) is 15.8 Å². The molecule has 2 amide bonds. The van der Waals surface area contributed by atoms with Crippen LogP contribution in [0.5, 0.6) is 0 Å². The molecular weight excluding hydrogens is 430 g/mol. The van der Waals surface area contributed by atoms with Gasteiger partial charge < -0.3 is 24.4 Å². The molecule has 1 aliphatic rings. The second-order valence-electron chi connectivity index (χ2n) is 7.30. The van der Waals surface area contributed by atoms with Crippen LogP contribution in [0.25, 0.3) is 11.1 Å². The Labute approximate surface area is 188 Å². The number of anilines is 1. The first-order valence-electron chi connectivity index (χ1n) is 10.1. The van der Waals surface area contributed by atoms with Gasteiger partial charge in [0.1, 0.15) is 6.61 Å². The maximum absolute atomic E-state index is 12.3. The van der Waals surface area contributed by atoms with Gasteiger partial charge in [-0.05, 0) is 22.3 Å². The second kappa shape index (κ2) is 9.53. The molecule has 0 fully saturated rings. The average molecular weight is 451 g/mol. The molecule has 0 spiro atoms. The Balaban J connectivity index is 1.34. The molecule has 4 rings (SSSR count). The molecule has 0 saturated heterocycles. The summed E-state index contributed by atoms with van der Waals surface area (Å²) < 4.78 is 15.1. The number of benzene rings is 2. The number of hydrogen-bond acceptors (Lipinski definition) is 7. The zero-order chi connectivity index (χ0) is 23.4. The first kappa shape index (κ1) is 22.0. The number of aromatic nitrogens is 1. The van der Waals surface area contributed by atoms with Crippen molar-refractivity contribution in [2.75, 3.05) is 25.6 Å². The SMILES string of the molecule is COC(CNC(=O)c1cc(NC(=O)OCC2c3ccccc3-c3ccccc32)on1)C(=O)O. The van der Waals surface area contributed by atoms with Gasteiger partial charge in [-0.15, -0.1) is 0 Å². The Bertz CT molecular complexity index is 1140. The number of rotatable bonds is 8. The zero-order valence-corrected chi connectivity index (χ0v) is 17.6. The van der Waals surface area contributed by atoms with Gasteiger partial charge in [0.05, 0.1) is 6.54 Å². The molecule has 2 aromatic carbocycles. The lowest BCUT2D eigenvalue weighted by molar-refractivity contribution is -0.148. The lowest BCUT2D eigenvalue weighted by Crippen LogP contribution is -2.37. The van der Waals surface area contributed by atoms with Gasteiger partial charge in [-0.1, -0.05) is 53.7 Å². The lowest BCUT2D eigenvalue weighted by Gasteiger charge is -2.13. The molecule has 3 N–H and O–H groups in total. The van der Waals surface area contributed by atoms with Crippen LogP contribution in [0.4, 0.5) is 10.7 Å². The van der Waals surface area contributed by atoms with Crippen molar-refractivity contribution < 1.29 is 33.5 Å². The number of carboxylic acid groups (broad SMARTS) is 1. The van der Waals surface area contributed by atoms with Crippen LogP contribution in [0.3, 0.4) is 0 Å². The highest BCUT2D eigenvalue weighted by Gasteiger charge is 2.29. The van der Waals surface area contributed by atoms with E-state index in [-0.39, 0.29) is 30.6 Å². The fourth-order valence-corrected chi connectivity index (χ4v) is 3.72. The Kier molecular flexibility index (Phi) is 6.36. The molecular formula is C23H21N3O7. The van der Waals surface area contributed by atoms with Crippen molar-refractivity contribution in [2.45, 2.75) is 12.0 Å². The minimum Gasteiger partial charge on any atom is -0.479 e. The number of carbonyl (C=O) groups is 3. The minimum atomic E-state index is -1.21. The first-order valence-corrected chi connectivity index (χ1v) is 10.1. The predicted molar refractivity (Wildman–Crippen MR) is 116 cm³/mol. The Morgan fingerprint density at radius 1 is 1.09 bits per heavy atom. The summed E-state index contributed by atoms with van der Waals surface area (Å²) in [5.74, 6) is -2.07. The average Bonchev–Trinajstić information content (AvgIpc) is 3.40. The molecule has 1 atom stereocenters. The van der Waals surface area contributed by atoms with E-state index in [1.54, 1.807) is 0 Å². The highest BCUT2D eigenvalue weighted by atomic mass is 16.6. The predicted octanol–water partition coefficient (Wildman–Crippen LogP) is 2.87. The van der Waals surface area contributed by atoms with E-state index in [4.69, 9.17) is 19.1 Å². The maximum atomic E-state index is 12.3. The van der Waals surface area contributed by atoms with Crippen molar-refractivity contribution in [2.24, 2.45) is 0 Å². The number of carboxylic acids is 1. The summed E-state index contributed by atoms with van der Waals surface area (Å²) in [6, 6.07) is 17.2. The Morgan fingerprint density at radius 3 is 2.33 bits per heavy atom. The highest BCUT2D eigenvalue weighted by Crippen LogP contribution is 2.44. The molecule has 1 unspecified atom stereocenters. The fourth-order valence-electron chi connectivity index (χ4n) is 3.72. The van der Waals surface area contributed by atoms with Crippen LogP contribution in [0.1, 0.15) is 27.5 Å². The summed E-state index contributed by atoms with van der Waals surface area (Å²) in [5.41, 5.74) is 4.27. The lowest BCUT2D eigenvalue weighted by atomic mass is 9.98. The topological polar surface area (TPSA) is 140 Å². The monoisotopic (exact) mass is 451 g/mol. The molecule has 1 aliphatic carbocycles. The maximum Gasteiger partial charge on any atom is 0.414 e. The molecule has 33 heavy (non-hydrogen) atoms. The summed E-state index contributed by atoms with van der Waals surface area (Å²) in [4.78, 5) is 35.3. The van der Waals surface area contributed by atoms with E-state index in [0.717, 1.165) is 22.3 Å². The third-order valence-corrected chi connectivity index (χ3v) is 5.32. The van der Waals surface area contributed by atoms with Crippen LogP contribution >= 0.6 is 0 Å². The van der Waals surface area contributed by atoms with Gasteiger partial charge in [0.25, 0.3) is 5.91 Å². The molecule has 170 valence electrons. The van der Waals surface area contributed by atoms with E-state index < -0.39 is 24.1 Å². The van der Waals surface area contributed by atoms with E-state index in [1.165, 1.54) is 13.2 Å². The van der Waals surface area contributed by atoms with Crippen LogP contribution in [-0.4, -0.2) is 54.6 Å². The van der Waals surface area contributed by atoms with Gasteiger partial charge >= 0.3 is 12.1 Å². The number of hydrogen-bond donors (Lipinski definition) is 3. The fraction of sp³-hybridized carbons (Fsp3) is 0.217. The number of amides is 2. The smallest absolute Gasteiger partial charge is 0.414 e. The summed E-state index contributed by atoms with van der Waals surface area (Å²) in [6.07, 6.45) is -1.95. The van der Waals surface area contributed by atoms with Crippen molar-refractivity contribution in [3.8, 4) is 11.1 Å². The Morgan fingerprint density at radius 2 is 1.73 bits per heavy atom. The van der Waals surface area contributed by atoms with Gasteiger partial charge in [-0.3, -0.25) is 10.1 Å². The number of aliphatic carboxylic acids is 1. The summed E-state index contributed by atoms with van der Waals surface area (Å²) in [7, 11) is 1.22. The zero-order valence-electron chi connectivity index (χ0n) is 17.6. The molecule has 3 aromatic rings. The van der Waals surface area contributed by atoms with Crippen molar-refractivity contribution in [3.05, 3.63) is 71.4 Å². The summed E-state index contributed by atoms with van der Waals surface area (Å²) in [6.45, 7) is -0.137. The van der Waals surface area contributed by atoms with Gasteiger partial charge in [0, 0.05) is 19.1 Å². The number of nitrogens with zero attached hydrogens (tertiary/aromatic N) is 1. The molecule has 0 saturated carbocycles. The number of methoxy groups -OCH3 is 1. The van der Waals surface area contributed by atoms with Crippen LogP contribution in [0.15, 0.2) is 59.1 Å². The molecule has 0 aliphatic heterocycles. The van der Waals surface area contributed by atoms with Gasteiger partial charge in [-0.25, -0.2) is 9.59 Å². The van der Waals surface area contributed by atoms with E-state index in [1.807, 2.05) is 48.5 Å². The highest BCUT2D eigenvalue weighted by molar-refractivity contribution is 5.94. The van der Waals surface area contributed by atoms with Crippen LogP contribution < -0.4 is 10.6 Å². The van der Waals surface area contributed by atoms with Crippen LogP contribution in [0.2, 0.25) is 0 Å². The van der Waals surface area contributed by atoms with E-state index >= 15 is 0 Å². The second-order valence-corrected chi connectivity index (χ2v) is 7.30. The molecule has 1 aromatic heterocycles. The molecule has 10 heteroatoms. The van der Waals surface area contributed by atoms with Gasteiger partial charge in [0.2, 0.25) is 5.88 Å². The minimum absolute atomic E-state index is 0.0844. The van der Waals surface area contributed by atoms with Crippen LogP contribution in [-0.2, 0) is 14.3 Å². The Hall–Kier alpha value is -4.18. The normalized spacial score (nSPS) is 13.0. The molecule has 0 radical (unpaired) electrons. The number of nitrogens with one attached hydrogen (secondary N) is 2. The van der Waals surface area contributed by atoms with Crippen molar-refractivity contribution >= 4 is 23.9 Å². The third-order valence-electron chi connectivity index (χ3n) is 5.32. The first-order chi connectivity index (χ1) is 16.0. The summed E-state index contributed by atoms with van der Waals surface area (Å²) in [5, 5.41) is 17.3. The molecule has 0 bridgehead atoms. The number of ether oxygens (including phenoxy) is 2. The number of carbonyl (C=O) groups excluding carboxylic acids is 2. The van der Waals surface area contributed by atoms with Crippen molar-refractivity contribution in [3.63, 3.8) is 0 Å². The quantitative estimate of drug-likeness (QED) is 0.475. The van der Waals surface area contributed by atoms with Crippen molar-refractivity contribution in [1.82, 2.24) is 10.5 Å².